The van der Waals surface area contributed by atoms with Gasteiger partial charge in [0.05, 0.1) is 11.1 Å². The highest BCUT2D eigenvalue weighted by atomic mass is 19.3. The van der Waals surface area contributed by atoms with Crippen molar-refractivity contribution in [1.82, 2.24) is 0 Å². The van der Waals surface area contributed by atoms with Crippen LogP contribution in [-0.4, -0.2) is 12.4 Å². The predicted molar refractivity (Wildman–Crippen MR) is 67.6 cm³/mol. The fourth-order valence-corrected chi connectivity index (χ4v) is 1.83. The maximum atomic E-state index is 13.7. The van der Waals surface area contributed by atoms with Crippen LogP contribution >= 0.6 is 0 Å². The molecule has 2 rings (SSSR count). The largest absolute Gasteiger partial charge is 0.434 e. The summed E-state index contributed by atoms with van der Waals surface area (Å²) in [5.41, 5.74) is -0.547. The maximum Gasteiger partial charge on any atom is 0.387 e. The molecule has 2 aromatic rings. The zero-order chi connectivity index (χ0) is 15.6. The molecular formula is C15H10F4O2. The number of hydrogen-bond acceptors (Lipinski definition) is 2. The van der Waals surface area contributed by atoms with Gasteiger partial charge >= 0.3 is 6.61 Å². The Bertz CT molecular complexity index is 683. The molecule has 2 nitrogen and oxygen atoms in total. The fourth-order valence-electron chi connectivity index (χ4n) is 1.83. The minimum absolute atomic E-state index is 0.0759. The molecule has 0 amide bonds. The van der Waals surface area contributed by atoms with Gasteiger partial charge in [-0.3, -0.25) is 4.79 Å². The molecule has 6 heteroatoms. The minimum Gasteiger partial charge on any atom is -0.434 e. The Hall–Kier alpha value is -2.37. The molecule has 0 unspecified atom stereocenters. The number of benzene rings is 2. The summed E-state index contributed by atoms with van der Waals surface area (Å²) in [4.78, 5) is 12.2. The van der Waals surface area contributed by atoms with Gasteiger partial charge in [0.1, 0.15) is 17.4 Å². The van der Waals surface area contributed by atoms with E-state index in [0.29, 0.717) is 6.07 Å². The van der Waals surface area contributed by atoms with Gasteiger partial charge in [0.2, 0.25) is 0 Å². The Morgan fingerprint density at radius 3 is 2.38 bits per heavy atom. The van der Waals surface area contributed by atoms with Crippen molar-refractivity contribution in [2.75, 3.05) is 0 Å². The van der Waals surface area contributed by atoms with E-state index in [9.17, 15) is 22.4 Å². The van der Waals surface area contributed by atoms with E-state index in [1.807, 2.05) is 0 Å². The summed E-state index contributed by atoms with van der Waals surface area (Å²) in [6.07, 6.45) is 0. The van der Waals surface area contributed by atoms with Crippen LogP contribution in [0.4, 0.5) is 17.6 Å². The third-order valence-electron chi connectivity index (χ3n) is 2.84. The molecule has 0 fully saturated rings. The molecule has 21 heavy (non-hydrogen) atoms. The number of alkyl halides is 2. The van der Waals surface area contributed by atoms with E-state index >= 15 is 0 Å². The first-order valence-corrected chi connectivity index (χ1v) is 5.94. The number of ether oxygens (including phenoxy) is 1. The second-order valence-electron chi connectivity index (χ2n) is 4.29. The number of para-hydroxylation sites is 1. The number of halogens is 4. The summed E-state index contributed by atoms with van der Waals surface area (Å²) < 4.78 is 55.8. The van der Waals surface area contributed by atoms with Crippen LogP contribution in [0.2, 0.25) is 0 Å². The molecule has 0 heterocycles. The second kappa shape index (κ2) is 5.95. The maximum absolute atomic E-state index is 13.7. The lowest BCUT2D eigenvalue weighted by Gasteiger charge is -2.10. The topological polar surface area (TPSA) is 26.3 Å². The standard InChI is InChI=1S/C15H10F4O2/c1-8-6-10(12(17)7-11(8)16)14(20)9-4-2-3-5-13(9)21-15(18)19/h2-7,15H,1H3. The molecule has 0 aliphatic rings. The van der Waals surface area contributed by atoms with Gasteiger partial charge in [-0.1, -0.05) is 12.1 Å². The van der Waals surface area contributed by atoms with Crippen molar-refractivity contribution in [2.24, 2.45) is 0 Å². The minimum atomic E-state index is -3.11. The number of carbonyl (C=O) groups is 1. The van der Waals surface area contributed by atoms with E-state index in [1.165, 1.54) is 31.2 Å². The Morgan fingerprint density at radius 2 is 1.71 bits per heavy atom. The highest BCUT2D eigenvalue weighted by Crippen LogP contribution is 2.25. The van der Waals surface area contributed by atoms with Crippen LogP contribution in [0.5, 0.6) is 5.75 Å². The summed E-state index contributed by atoms with van der Waals surface area (Å²) in [6.45, 7) is -1.74. The molecule has 2 aromatic carbocycles. The van der Waals surface area contributed by atoms with Crippen molar-refractivity contribution in [1.29, 1.82) is 0 Å². The summed E-state index contributed by atoms with van der Waals surface area (Å²) >= 11 is 0. The molecule has 0 atom stereocenters. The van der Waals surface area contributed by atoms with Crippen LogP contribution in [0.1, 0.15) is 21.5 Å². The van der Waals surface area contributed by atoms with Crippen LogP contribution in [0.15, 0.2) is 36.4 Å². The average Bonchev–Trinajstić information content (AvgIpc) is 2.42. The van der Waals surface area contributed by atoms with Crippen LogP contribution in [0.25, 0.3) is 0 Å². The number of aryl methyl sites for hydroxylation is 1. The summed E-state index contributed by atoms with van der Waals surface area (Å²) in [5, 5.41) is 0. The first-order chi connectivity index (χ1) is 9.90. The molecule has 0 radical (unpaired) electrons. The van der Waals surface area contributed by atoms with Crippen molar-refractivity contribution in [3.05, 3.63) is 64.7 Å². The number of hydrogen-bond donors (Lipinski definition) is 0. The number of rotatable bonds is 4. The molecule has 0 spiro atoms. The van der Waals surface area contributed by atoms with Crippen LogP contribution < -0.4 is 4.74 Å². The van der Waals surface area contributed by atoms with E-state index < -0.39 is 29.6 Å². The lowest BCUT2D eigenvalue weighted by atomic mass is 10.00. The number of ketones is 1. The number of carbonyl (C=O) groups excluding carboxylic acids is 1. The van der Waals surface area contributed by atoms with Crippen molar-refractivity contribution in [2.45, 2.75) is 13.5 Å². The van der Waals surface area contributed by atoms with Gasteiger partial charge in [-0.05, 0) is 30.7 Å². The van der Waals surface area contributed by atoms with Crippen LogP contribution in [0, 0.1) is 18.6 Å². The predicted octanol–water partition coefficient (Wildman–Crippen LogP) is 4.11. The van der Waals surface area contributed by atoms with Gasteiger partial charge in [0, 0.05) is 6.07 Å². The molecule has 110 valence electrons. The third-order valence-corrected chi connectivity index (χ3v) is 2.84. The quantitative estimate of drug-likeness (QED) is 0.627. The Kier molecular flexibility index (Phi) is 4.26. The highest BCUT2D eigenvalue weighted by Gasteiger charge is 2.20. The normalized spacial score (nSPS) is 10.8. The van der Waals surface area contributed by atoms with Crippen molar-refractivity contribution >= 4 is 5.78 Å². The highest BCUT2D eigenvalue weighted by molar-refractivity contribution is 6.11. The van der Waals surface area contributed by atoms with E-state index in [1.54, 1.807) is 0 Å². The molecule has 0 aliphatic heterocycles. The molecular weight excluding hydrogens is 288 g/mol. The summed E-state index contributed by atoms with van der Waals surface area (Å²) in [6, 6.07) is 6.86. The first kappa shape index (κ1) is 15.0. The third kappa shape index (κ3) is 3.21. The summed E-state index contributed by atoms with van der Waals surface area (Å²) in [5.74, 6) is -3.07. The van der Waals surface area contributed by atoms with Gasteiger partial charge in [-0.2, -0.15) is 8.78 Å². The second-order valence-corrected chi connectivity index (χ2v) is 4.29. The lowest BCUT2D eigenvalue weighted by molar-refractivity contribution is -0.0501. The van der Waals surface area contributed by atoms with Gasteiger partial charge in [-0.15, -0.1) is 0 Å². The van der Waals surface area contributed by atoms with E-state index in [-0.39, 0.29) is 16.9 Å². The molecule has 0 aromatic heterocycles. The van der Waals surface area contributed by atoms with Gasteiger partial charge in [0.15, 0.2) is 5.78 Å². The first-order valence-electron chi connectivity index (χ1n) is 5.94. The molecule has 0 bridgehead atoms. The van der Waals surface area contributed by atoms with Crippen molar-refractivity contribution in [3.8, 4) is 5.75 Å². The van der Waals surface area contributed by atoms with E-state index in [2.05, 4.69) is 4.74 Å². The van der Waals surface area contributed by atoms with Gasteiger partial charge in [0.25, 0.3) is 0 Å². The van der Waals surface area contributed by atoms with E-state index in [4.69, 9.17) is 0 Å². The lowest BCUT2D eigenvalue weighted by Crippen LogP contribution is -2.10. The van der Waals surface area contributed by atoms with Crippen molar-refractivity contribution in [3.63, 3.8) is 0 Å². The van der Waals surface area contributed by atoms with Crippen LogP contribution in [0.3, 0.4) is 0 Å². The van der Waals surface area contributed by atoms with E-state index in [0.717, 1.165) is 6.07 Å². The molecule has 0 N–H and O–H groups in total. The summed E-state index contributed by atoms with van der Waals surface area (Å²) in [7, 11) is 0. The monoisotopic (exact) mass is 298 g/mol. The Labute approximate surface area is 118 Å². The van der Waals surface area contributed by atoms with Gasteiger partial charge < -0.3 is 4.74 Å². The van der Waals surface area contributed by atoms with Crippen LogP contribution in [-0.2, 0) is 0 Å². The zero-order valence-corrected chi connectivity index (χ0v) is 10.9. The molecule has 0 aliphatic carbocycles. The fraction of sp³-hybridized carbons (Fsp3) is 0.133. The molecule has 0 saturated heterocycles. The Morgan fingerprint density at radius 1 is 1.05 bits per heavy atom. The van der Waals surface area contributed by atoms with Gasteiger partial charge in [-0.25, -0.2) is 8.78 Å². The Balaban J connectivity index is 2.48. The smallest absolute Gasteiger partial charge is 0.387 e. The average molecular weight is 298 g/mol. The SMILES string of the molecule is Cc1cc(C(=O)c2ccccc2OC(F)F)c(F)cc1F. The zero-order valence-electron chi connectivity index (χ0n) is 10.9. The van der Waals surface area contributed by atoms with Crippen molar-refractivity contribution < 1.29 is 27.1 Å². The molecule has 0 saturated carbocycles.